The molecule has 3 aliphatic rings. The highest BCUT2D eigenvalue weighted by molar-refractivity contribution is 8.29. The van der Waals surface area contributed by atoms with Gasteiger partial charge in [0.1, 0.15) is 23.2 Å². The molecule has 4 heterocycles. The summed E-state index contributed by atoms with van der Waals surface area (Å²) in [6.45, 7) is 7.80. The first-order valence-electron chi connectivity index (χ1n) is 11.3. The highest BCUT2D eigenvalue weighted by Crippen LogP contribution is 2.66. The number of hydrogen-bond acceptors (Lipinski definition) is 7. The highest BCUT2D eigenvalue weighted by atomic mass is 35.5. The van der Waals surface area contributed by atoms with E-state index in [-0.39, 0.29) is 11.5 Å². The van der Waals surface area contributed by atoms with Gasteiger partial charge in [-0.15, -0.1) is 0 Å². The fourth-order valence-corrected chi connectivity index (χ4v) is 8.64. The van der Waals surface area contributed by atoms with Crippen LogP contribution in [0.15, 0.2) is 34.4 Å². The van der Waals surface area contributed by atoms with Crippen molar-refractivity contribution >= 4 is 40.1 Å². The minimum Gasteiger partial charge on any atom is -0.386 e. The molecule has 3 unspecified atom stereocenters. The molecule has 0 radical (unpaired) electrons. The fraction of sp³-hybridized carbons (Fsp3) is 0.565. The van der Waals surface area contributed by atoms with E-state index in [1.165, 1.54) is 24.6 Å². The summed E-state index contributed by atoms with van der Waals surface area (Å²) < 4.78 is 31.0. The Hall–Kier alpha value is -2.01. The van der Waals surface area contributed by atoms with Crippen LogP contribution in [0.3, 0.4) is 0 Å². The summed E-state index contributed by atoms with van der Waals surface area (Å²) >= 11 is 5.92. The number of nitrogens with two attached hydrogens (primary N) is 1. The molecule has 0 aliphatic carbocycles. The van der Waals surface area contributed by atoms with Crippen molar-refractivity contribution in [2.45, 2.75) is 74.3 Å². The third-order valence-corrected chi connectivity index (χ3v) is 11.4. The fourth-order valence-electron chi connectivity index (χ4n) is 4.93. The Kier molecular flexibility index (Phi) is 6.33. The summed E-state index contributed by atoms with van der Waals surface area (Å²) in [5.41, 5.74) is 3.73. The van der Waals surface area contributed by atoms with Crippen LogP contribution in [0.5, 0.6) is 0 Å². The number of nitrogens with one attached hydrogen (secondary N) is 2. The van der Waals surface area contributed by atoms with E-state index in [1.807, 2.05) is 13.8 Å². The van der Waals surface area contributed by atoms with Crippen LogP contribution in [0.25, 0.3) is 0 Å². The molecule has 0 saturated carbocycles. The standard InChI is InChI=1S/C23H32ClFN6O2S/c1-14-11-15(24)12-27-18(14)19(32)30-17-8-9-23(25,13-28-17)22(4)16-7-5-6-10-29-34(16,33)21(2,3)20(26)31-22/h8-9,11-13,16-17,29,33H,5-7,10H2,1-4H3,(H2,26,31)(H,30,32)/t16-,17?,22+,23?/m1/s1. The predicted molar refractivity (Wildman–Crippen MR) is 137 cm³/mol. The smallest absolute Gasteiger partial charge is 0.272 e. The molecule has 1 aromatic heterocycles. The quantitative estimate of drug-likeness (QED) is 0.461. The number of halogens is 2. The number of carbonyl (C=O) groups excluding carboxylic acids is 1. The second kappa shape index (κ2) is 8.58. The molecule has 8 nitrogen and oxygen atoms in total. The molecule has 1 fully saturated rings. The van der Waals surface area contributed by atoms with E-state index in [2.05, 4.69) is 25.0 Å². The molecule has 5 atom stereocenters. The molecule has 1 saturated heterocycles. The van der Waals surface area contributed by atoms with Crippen LogP contribution in [0, 0.1) is 6.92 Å². The molecule has 5 N–H and O–H groups in total. The number of nitrogens with zero attached hydrogens (tertiary/aromatic N) is 3. The van der Waals surface area contributed by atoms with Crippen LogP contribution in [-0.2, 0) is 0 Å². The summed E-state index contributed by atoms with van der Waals surface area (Å²) in [5, 5.41) is 2.69. The molecule has 0 bridgehead atoms. The zero-order chi connectivity index (χ0) is 24.9. The monoisotopic (exact) mass is 510 g/mol. The lowest BCUT2D eigenvalue weighted by Crippen LogP contribution is -2.67. The molecule has 3 aliphatic heterocycles. The first-order valence-corrected chi connectivity index (χ1v) is 13.4. The van der Waals surface area contributed by atoms with Gasteiger partial charge in [0.2, 0.25) is 0 Å². The Labute approximate surface area is 206 Å². The molecular formula is C23H32ClFN6O2S. The van der Waals surface area contributed by atoms with Gasteiger partial charge in [-0.05, 0) is 64.3 Å². The molecule has 4 rings (SSSR count). The van der Waals surface area contributed by atoms with Crippen molar-refractivity contribution in [2.24, 2.45) is 15.7 Å². The van der Waals surface area contributed by atoms with E-state index in [0.29, 0.717) is 23.6 Å². The Balaban J connectivity index is 1.62. The summed E-state index contributed by atoms with van der Waals surface area (Å²) in [6.07, 6.45) is 7.02. The van der Waals surface area contributed by atoms with Crippen molar-refractivity contribution in [1.82, 2.24) is 15.0 Å². The first-order chi connectivity index (χ1) is 15.8. The molecule has 34 heavy (non-hydrogen) atoms. The summed E-state index contributed by atoms with van der Waals surface area (Å²) in [6, 6.07) is 1.65. The molecule has 1 aromatic rings. The number of aliphatic imine (C=N–C) groups is 2. The molecule has 0 spiro atoms. The van der Waals surface area contributed by atoms with Gasteiger partial charge < -0.3 is 15.6 Å². The van der Waals surface area contributed by atoms with Crippen LogP contribution in [0.1, 0.15) is 56.1 Å². The van der Waals surface area contributed by atoms with Crippen molar-refractivity contribution in [3.05, 3.63) is 40.7 Å². The van der Waals surface area contributed by atoms with Crippen LogP contribution < -0.4 is 15.8 Å². The van der Waals surface area contributed by atoms with Gasteiger partial charge >= 0.3 is 0 Å². The summed E-state index contributed by atoms with van der Waals surface area (Å²) in [5.74, 6) is -0.219. The lowest BCUT2D eigenvalue weighted by Gasteiger charge is -2.60. The number of fused-ring (bicyclic) bond motifs is 1. The largest absolute Gasteiger partial charge is 0.386 e. The lowest BCUT2D eigenvalue weighted by atomic mass is 9.77. The van der Waals surface area contributed by atoms with Crippen LogP contribution >= 0.6 is 22.1 Å². The lowest BCUT2D eigenvalue weighted by molar-refractivity contribution is 0.0938. The van der Waals surface area contributed by atoms with Gasteiger partial charge in [-0.3, -0.25) is 19.5 Å². The highest BCUT2D eigenvalue weighted by Gasteiger charge is 2.64. The van der Waals surface area contributed by atoms with Gasteiger partial charge in [-0.1, -0.05) is 28.5 Å². The van der Waals surface area contributed by atoms with Crippen molar-refractivity contribution in [3.8, 4) is 0 Å². The number of aryl methyl sites for hydroxylation is 1. The Morgan fingerprint density at radius 1 is 1.38 bits per heavy atom. The van der Waals surface area contributed by atoms with E-state index in [9.17, 15) is 9.35 Å². The van der Waals surface area contributed by atoms with Crippen LogP contribution in [-0.4, -0.2) is 61.4 Å². The van der Waals surface area contributed by atoms with E-state index >= 15 is 4.39 Å². The minimum absolute atomic E-state index is 0.219. The van der Waals surface area contributed by atoms with Crippen molar-refractivity contribution in [3.63, 3.8) is 0 Å². The van der Waals surface area contributed by atoms with Gasteiger partial charge in [0.15, 0.2) is 5.67 Å². The maximum absolute atomic E-state index is 16.6. The second-order valence-electron chi connectivity index (χ2n) is 9.80. The second-order valence-corrected chi connectivity index (χ2v) is 13.4. The van der Waals surface area contributed by atoms with Gasteiger partial charge in [0.05, 0.1) is 15.0 Å². The molecule has 186 valence electrons. The van der Waals surface area contributed by atoms with E-state index in [0.717, 1.165) is 12.8 Å². The van der Waals surface area contributed by atoms with E-state index < -0.39 is 43.8 Å². The number of aromatic nitrogens is 1. The molecule has 0 aromatic carbocycles. The Bertz CT molecular complexity index is 1080. The topological polar surface area (TPSA) is 125 Å². The predicted octanol–water partition coefficient (Wildman–Crippen LogP) is 3.69. The van der Waals surface area contributed by atoms with Gasteiger partial charge in [0, 0.05) is 19.0 Å². The number of alkyl halides is 1. The van der Waals surface area contributed by atoms with Crippen molar-refractivity contribution in [1.29, 1.82) is 0 Å². The van der Waals surface area contributed by atoms with Gasteiger partial charge in [-0.2, -0.15) is 0 Å². The van der Waals surface area contributed by atoms with E-state index in [4.69, 9.17) is 17.3 Å². The number of pyridine rings is 1. The normalized spacial score (nSPS) is 38.7. The van der Waals surface area contributed by atoms with Crippen LogP contribution in [0.2, 0.25) is 5.02 Å². The Morgan fingerprint density at radius 2 is 2.12 bits per heavy atom. The average molecular weight is 511 g/mol. The van der Waals surface area contributed by atoms with Crippen LogP contribution in [0.4, 0.5) is 4.39 Å². The van der Waals surface area contributed by atoms with Gasteiger partial charge in [0.25, 0.3) is 5.91 Å². The number of carbonyl (C=O) groups is 1. The molecule has 1 amide bonds. The number of amides is 1. The average Bonchev–Trinajstić information content (AvgIpc) is 2.97. The summed E-state index contributed by atoms with van der Waals surface area (Å²) in [7, 11) is -2.55. The Morgan fingerprint density at radius 3 is 2.76 bits per heavy atom. The maximum Gasteiger partial charge on any atom is 0.272 e. The SMILES string of the molecule is Cc1cc(Cl)cnc1C(=O)NC1C=CC(F)([C@@]2(C)N=C(N)C(C)(C)S3(O)NCCCC[C@H]23)C=N1. The number of rotatable bonds is 3. The van der Waals surface area contributed by atoms with Crippen molar-refractivity contribution < 1.29 is 13.7 Å². The number of hydrogen-bond donors (Lipinski definition) is 4. The third kappa shape index (κ3) is 3.84. The zero-order valence-electron chi connectivity index (χ0n) is 19.8. The van der Waals surface area contributed by atoms with Crippen molar-refractivity contribution in [2.75, 3.05) is 6.54 Å². The zero-order valence-corrected chi connectivity index (χ0v) is 21.4. The van der Waals surface area contributed by atoms with Gasteiger partial charge in [-0.25, -0.2) is 9.37 Å². The maximum atomic E-state index is 16.6. The third-order valence-electron chi connectivity index (χ3n) is 7.26. The minimum atomic E-state index is -2.55. The number of dihydropyridines is 1. The molecular weight excluding hydrogens is 479 g/mol. The first kappa shape index (κ1) is 25.1. The molecule has 11 heteroatoms. The summed E-state index contributed by atoms with van der Waals surface area (Å²) in [4.78, 5) is 25.7. The number of amidine groups is 1. The van der Waals surface area contributed by atoms with E-state index in [1.54, 1.807) is 19.9 Å².